The molecule has 0 radical (unpaired) electrons. The van der Waals surface area contributed by atoms with Gasteiger partial charge in [0.15, 0.2) is 5.78 Å². The number of non-ortho nitro benzene ring substituents is 1. The first-order valence-corrected chi connectivity index (χ1v) is 7.19. The SMILES string of the molecule is O=C(CCCC(=O)c1ccccc1)Nc1cccc([N+](=O)[O-])c1. The standard InChI is InChI=1S/C17H16N2O4/c20-16(13-6-2-1-3-7-13)10-5-11-17(21)18-14-8-4-9-15(12-14)19(22)23/h1-4,6-9,12H,5,10-11H2,(H,18,21). The fourth-order valence-electron chi connectivity index (χ4n) is 2.10. The van der Waals surface area contributed by atoms with E-state index in [1.165, 1.54) is 18.2 Å². The Morgan fingerprint density at radius 3 is 2.43 bits per heavy atom. The van der Waals surface area contributed by atoms with Gasteiger partial charge in [-0.15, -0.1) is 0 Å². The number of anilines is 1. The van der Waals surface area contributed by atoms with Crippen molar-refractivity contribution >= 4 is 23.1 Å². The molecule has 0 bridgehead atoms. The number of hydrogen-bond donors (Lipinski definition) is 1. The van der Waals surface area contributed by atoms with Gasteiger partial charge in [0.1, 0.15) is 0 Å². The molecular formula is C17H16N2O4. The molecule has 0 aliphatic rings. The molecule has 0 saturated carbocycles. The number of ketones is 1. The summed E-state index contributed by atoms with van der Waals surface area (Å²) in [5.41, 5.74) is 0.923. The predicted molar refractivity (Wildman–Crippen MR) is 86.3 cm³/mol. The summed E-state index contributed by atoms with van der Waals surface area (Å²) in [6, 6.07) is 14.7. The lowest BCUT2D eigenvalue weighted by Crippen LogP contribution is -2.12. The Kier molecular flexibility index (Phi) is 5.57. The Morgan fingerprint density at radius 2 is 1.74 bits per heavy atom. The fourth-order valence-corrected chi connectivity index (χ4v) is 2.10. The zero-order valence-electron chi connectivity index (χ0n) is 12.4. The highest BCUT2D eigenvalue weighted by Crippen LogP contribution is 2.17. The van der Waals surface area contributed by atoms with E-state index in [0.717, 1.165) is 0 Å². The number of carbonyl (C=O) groups excluding carboxylic acids is 2. The van der Waals surface area contributed by atoms with Crippen LogP contribution in [-0.2, 0) is 4.79 Å². The molecule has 1 amide bonds. The van der Waals surface area contributed by atoms with Gasteiger partial charge in [-0.05, 0) is 12.5 Å². The zero-order chi connectivity index (χ0) is 16.7. The van der Waals surface area contributed by atoms with E-state index in [-0.39, 0.29) is 30.2 Å². The number of rotatable bonds is 7. The van der Waals surface area contributed by atoms with Crippen LogP contribution in [0.25, 0.3) is 0 Å². The first-order valence-electron chi connectivity index (χ1n) is 7.19. The van der Waals surface area contributed by atoms with Gasteiger partial charge in [0, 0.05) is 36.2 Å². The lowest BCUT2D eigenvalue weighted by Gasteiger charge is -2.05. The summed E-state index contributed by atoms with van der Waals surface area (Å²) < 4.78 is 0. The second-order valence-electron chi connectivity index (χ2n) is 5.00. The number of nitro groups is 1. The third kappa shape index (κ3) is 5.03. The van der Waals surface area contributed by atoms with Gasteiger partial charge in [-0.1, -0.05) is 36.4 Å². The van der Waals surface area contributed by atoms with Gasteiger partial charge in [0.25, 0.3) is 5.69 Å². The number of nitro benzene ring substituents is 1. The maximum Gasteiger partial charge on any atom is 0.271 e. The van der Waals surface area contributed by atoms with E-state index < -0.39 is 4.92 Å². The summed E-state index contributed by atoms with van der Waals surface area (Å²) in [5.74, 6) is -0.278. The average molecular weight is 312 g/mol. The minimum Gasteiger partial charge on any atom is -0.326 e. The van der Waals surface area contributed by atoms with Crippen LogP contribution in [0.2, 0.25) is 0 Å². The molecule has 2 aromatic rings. The summed E-state index contributed by atoms with van der Waals surface area (Å²) in [6.45, 7) is 0. The molecular weight excluding hydrogens is 296 g/mol. The number of carbonyl (C=O) groups is 2. The molecule has 2 aromatic carbocycles. The molecule has 0 unspecified atom stereocenters. The van der Waals surface area contributed by atoms with Crippen molar-refractivity contribution in [3.05, 3.63) is 70.3 Å². The van der Waals surface area contributed by atoms with Crippen LogP contribution < -0.4 is 5.32 Å². The van der Waals surface area contributed by atoms with Crippen molar-refractivity contribution in [2.24, 2.45) is 0 Å². The number of Topliss-reactive ketones (excluding diaryl/α,β-unsaturated/α-hetero) is 1. The molecule has 6 heteroatoms. The lowest BCUT2D eigenvalue weighted by molar-refractivity contribution is -0.384. The van der Waals surface area contributed by atoms with Gasteiger partial charge in [-0.3, -0.25) is 19.7 Å². The summed E-state index contributed by atoms with van der Waals surface area (Å²) >= 11 is 0. The molecule has 1 N–H and O–H groups in total. The third-order valence-corrected chi connectivity index (χ3v) is 3.24. The molecule has 0 aliphatic heterocycles. The van der Waals surface area contributed by atoms with Crippen molar-refractivity contribution in [3.63, 3.8) is 0 Å². The van der Waals surface area contributed by atoms with Crippen LogP contribution in [0.3, 0.4) is 0 Å². The van der Waals surface area contributed by atoms with E-state index in [9.17, 15) is 19.7 Å². The molecule has 23 heavy (non-hydrogen) atoms. The minimum atomic E-state index is -0.520. The summed E-state index contributed by atoms with van der Waals surface area (Å²) in [5, 5.41) is 13.3. The molecule has 2 rings (SSSR count). The highest BCUT2D eigenvalue weighted by Gasteiger charge is 2.10. The average Bonchev–Trinajstić information content (AvgIpc) is 2.55. The minimum absolute atomic E-state index is 0.00579. The normalized spacial score (nSPS) is 10.1. The van der Waals surface area contributed by atoms with Crippen LogP contribution in [0.1, 0.15) is 29.6 Å². The van der Waals surface area contributed by atoms with E-state index in [2.05, 4.69) is 5.32 Å². The second kappa shape index (κ2) is 7.84. The van der Waals surface area contributed by atoms with Crippen LogP contribution >= 0.6 is 0 Å². The molecule has 6 nitrogen and oxygen atoms in total. The molecule has 0 aliphatic carbocycles. The molecule has 0 saturated heterocycles. The number of benzene rings is 2. The fraction of sp³-hybridized carbons (Fsp3) is 0.176. The molecule has 0 heterocycles. The Morgan fingerprint density at radius 1 is 1.00 bits per heavy atom. The predicted octanol–water partition coefficient (Wildman–Crippen LogP) is 3.59. The maximum absolute atomic E-state index is 11.9. The molecule has 0 spiro atoms. The second-order valence-corrected chi connectivity index (χ2v) is 5.00. The summed E-state index contributed by atoms with van der Waals surface area (Å²) in [4.78, 5) is 33.9. The van der Waals surface area contributed by atoms with Gasteiger partial charge in [0.05, 0.1) is 4.92 Å². The first kappa shape index (κ1) is 16.4. The van der Waals surface area contributed by atoms with Gasteiger partial charge >= 0.3 is 0 Å². The highest BCUT2D eigenvalue weighted by molar-refractivity contribution is 5.96. The van der Waals surface area contributed by atoms with Crippen LogP contribution in [0.4, 0.5) is 11.4 Å². The third-order valence-electron chi connectivity index (χ3n) is 3.24. The molecule has 0 atom stereocenters. The van der Waals surface area contributed by atoms with Crippen LogP contribution in [-0.4, -0.2) is 16.6 Å². The van der Waals surface area contributed by atoms with E-state index in [1.807, 2.05) is 6.07 Å². The van der Waals surface area contributed by atoms with E-state index in [1.54, 1.807) is 30.3 Å². The summed E-state index contributed by atoms with van der Waals surface area (Å²) in [6.07, 6.45) is 0.891. The first-order chi connectivity index (χ1) is 11.1. The van der Waals surface area contributed by atoms with E-state index >= 15 is 0 Å². The Hall–Kier alpha value is -3.02. The highest BCUT2D eigenvalue weighted by atomic mass is 16.6. The smallest absolute Gasteiger partial charge is 0.271 e. The van der Waals surface area contributed by atoms with E-state index in [0.29, 0.717) is 17.7 Å². The number of nitrogens with one attached hydrogen (secondary N) is 1. The number of nitrogens with zero attached hydrogens (tertiary/aromatic N) is 1. The molecule has 118 valence electrons. The molecule has 0 aromatic heterocycles. The van der Waals surface area contributed by atoms with Gasteiger partial charge in [-0.25, -0.2) is 0 Å². The van der Waals surface area contributed by atoms with Crippen molar-refractivity contribution in [2.45, 2.75) is 19.3 Å². The van der Waals surface area contributed by atoms with Gasteiger partial charge in [0.2, 0.25) is 5.91 Å². The monoisotopic (exact) mass is 312 g/mol. The van der Waals surface area contributed by atoms with Crippen LogP contribution in [0.5, 0.6) is 0 Å². The molecule has 0 fully saturated rings. The van der Waals surface area contributed by atoms with Crippen LogP contribution in [0.15, 0.2) is 54.6 Å². The zero-order valence-corrected chi connectivity index (χ0v) is 12.4. The quantitative estimate of drug-likeness (QED) is 0.480. The number of amides is 1. The Labute approximate surface area is 133 Å². The van der Waals surface area contributed by atoms with Crippen LogP contribution in [0, 0.1) is 10.1 Å². The van der Waals surface area contributed by atoms with E-state index in [4.69, 9.17) is 0 Å². The largest absolute Gasteiger partial charge is 0.326 e. The topological polar surface area (TPSA) is 89.3 Å². The van der Waals surface area contributed by atoms with Crippen molar-refractivity contribution in [2.75, 3.05) is 5.32 Å². The van der Waals surface area contributed by atoms with Crippen molar-refractivity contribution in [1.82, 2.24) is 0 Å². The van der Waals surface area contributed by atoms with Crippen molar-refractivity contribution < 1.29 is 14.5 Å². The summed E-state index contributed by atoms with van der Waals surface area (Å²) in [7, 11) is 0. The maximum atomic E-state index is 11.9. The Bertz CT molecular complexity index is 714. The van der Waals surface area contributed by atoms with Crippen molar-refractivity contribution in [3.8, 4) is 0 Å². The number of hydrogen-bond acceptors (Lipinski definition) is 4. The lowest BCUT2D eigenvalue weighted by atomic mass is 10.1. The van der Waals surface area contributed by atoms with Crippen molar-refractivity contribution in [1.29, 1.82) is 0 Å². The Balaban J connectivity index is 1.80. The van der Waals surface area contributed by atoms with Gasteiger partial charge in [-0.2, -0.15) is 0 Å². The van der Waals surface area contributed by atoms with Gasteiger partial charge < -0.3 is 5.32 Å².